The van der Waals surface area contributed by atoms with Crippen molar-refractivity contribution < 1.29 is 0 Å². The van der Waals surface area contributed by atoms with Crippen molar-refractivity contribution in [3.8, 4) is 11.4 Å². The minimum Gasteiger partial charge on any atom is -0.258 e. The van der Waals surface area contributed by atoms with Crippen LogP contribution >= 0.6 is 0 Å². The Bertz CT molecular complexity index is 437. The van der Waals surface area contributed by atoms with Crippen molar-refractivity contribution in [1.82, 2.24) is 14.8 Å². The Morgan fingerprint density at radius 2 is 1.87 bits per heavy atom. The molecule has 0 aliphatic carbocycles. The van der Waals surface area contributed by atoms with Crippen LogP contribution in [0.5, 0.6) is 0 Å². The van der Waals surface area contributed by atoms with Gasteiger partial charge in [0.05, 0.1) is 16.9 Å². The summed E-state index contributed by atoms with van der Waals surface area (Å²) in [5.41, 5.74) is 2.00. The van der Waals surface area contributed by atoms with E-state index in [-0.39, 0.29) is 5.54 Å². The monoisotopic (exact) mass is 201 g/mol. The molecular weight excluding hydrogens is 186 g/mol. The van der Waals surface area contributed by atoms with Gasteiger partial charge in [0.2, 0.25) is 0 Å². The predicted molar refractivity (Wildman–Crippen MR) is 60.5 cm³/mol. The lowest BCUT2D eigenvalue weighted by atomic mass is 10.1. The smallest absolute Gasteiger partial charge is 0.0883 e. The first-order chi connectivity index (χ1) is 7.09. The number of aromatic nitrogens is 3. The molecule has 0 radical (unpaired) electrons. The van der Waals surface area contributed by atoms with E-state index in [4.69, 9.17) is 0 Å². The molecule has 0 spiro atoms. The van der Waals surface area contributed by atoms with Crippen LogP contribution in [-0.4, -0.2) is 14.8 Å². The molecule has 0 saturated carbocycles. The van der Waals surface area contributed by atoms with Crippen molar-refractivity contribution in [2.24, 2.45) is 0 Å². The van der Waals surface area contributed by atoms with Gasteiger partial charge in [-0.2, -0.15) is 5.10 Å². The fraction of sp³-hybridized carbons (Fsp3) is 0.333. The zero-order chi connectivity index (χ0) is 10.9. The number of hydrogen-bond donors (Lipinski definition) is 0. The van der Waals surface area contributed by atoms with Crippen molar-refractivity contribution >= 4 is 0 Å². The fourth-order valence-electron chi connectivity index (χ4n) is 1.55. The van der Waals surface area contributed by atoms with E-state index in [1.807, 2.05) is 35.1 Å². The van der Waals surface area contributed by atoms with Gasteiger partial charge in [0.15, 0.2) is 0 Å². The summed E-state index contributed by atoms with van der Waals surface area (Å²) >= 11 is 0. The van der Waals surface area contributed by atoms with Crippen molar-refractivity contribution in [2.75, 3.05) is 0 Å². The van der Waals surface area contributed by atoms with Crippen LogP contribution in [0, 0.1) is 0 Å². The highest BCUT2D eigenvalue weighted by molar-refractivity contribution is 5.53. The molecule has 0 atom stereocenters. The van der Waals surface area contributed by atoms with Gasteiger partial charge in [-0.1, -0.05) is 6.07 Å². The summed E-state index contributed by atoms with van der Waals surface area (Å²) in [6.07, 6.45) is 3.62. The van der Waals surface area contributed by atoms with E-state index in [1.54, 1.807) is 6.20 Å². The summed E-state index contributed by atoms with van der Waals surface area (Å²) in [7, 11) is 0. The molecule has 0 aliphatic heterocycles. The predicted octanol–water partition coefficient (Wildman–Crippen LogP) is 2.70. The van der Waals surface area contributed by atoms with E-state index in [2.05, 4.69) is 30.9 Å². The van der Waals surface area contributed by atoms with Crippen LogP contribution in [0.1, 0.15) is 20.8 Å². The second-order valence-electron chi connectivity index (χ2n) is 4.51. The number of pyridine rings is 1. The summed E-state index contributed by atoms with van der Waals surface area (Å²) in [6.45, 7) is 6.39. The van der Waals surface area contributed by atoms with Gasteiger partial charge in [-0.3, -0.25) is 9.67 Å². The van der Waals surface area contributed by atoms with Gasteiger partial charge in [0.25, 0.3) is 0 Å². The average molecular weight is 201 g/mol. The molecule has 2 rings (SSSR count). The molecule has 0 fully saturated rings. The molecular formula is C12H15N3. The lowest BCUT2D eigenvalue weighted by molar-refractivity contribution is 0.359. The SMILES string of the molecule is CC(C)(C)n1nccc1-c1ccccn1. The maximum atomic E-state index is 4.34. The molecule has 15 heavy (non-hydrogen) atoms. The topological polar surface area (TPSA) is 30.7 Å². The minimum absolute atomic E-state index is 0.0175. The molecule has 2 aromatic heterocycles. The van der Waals surface area contributed by atoms with Crippen LogP contribution in [0.15, 0.2) is 36.7 Å². The summed E-state index contributed by atoms with van der Waals surface area (Å²) in [6, 6.07) is 7.90. The molecule has 78 valence electrons. The molecule has 3 heteroatoms. The summed E-state index contributed by atoms with van der Waals surface area (Å²) < 4.78 is 2.00. The van der Waals surface area contributed by atoms with E-state index < -0.39 is 0 Å². The maximum Gasteiger partial charge on any atom is 0.0883 e. The molecule has 2 aromatic rings. The fourth-order valence-corrected chi connectivity index (χ4v) is 1.55. The van der Waals surface area contributed by atoms with E-state index >= 15 is 0 Å². The molecule has 0 bridgehead atoms. The minimum atomic E-state index is -0.0175. The number of nitrogens with zero attached hydrogens (tertiary/aromatic N) is 3. The highest BCUT2D eigenvalue weighted by Gasteiger charge is 2.18. The first kappa shape index (κ1) is 9.90. The van der Waals surface area contributed by atoms with Crippen LogP contribution in [0.25, 0.3) is 11.4 Å². The average Bonchev–Trinajstić information content (AvgIpc) is 2.67. The van der Waals surface area contributed by atoms with Gasteiger partial charge in [-0.05, 0) is 39.0 Å². The Kier molecular flexibility index (Phi) is 2.31. The summed E-state index contributed by atoms with van der Waals surface area (Å²) in [4.78, 5) is 4.33. The third-order valence-electron chi connectivity index (χ3n) is 2.21. The first-order valence-corrected chi connectivity index (χ1v) is 5.05. The zero-order valence-corrected chi connectivity index (χ0v) is 9.31. The van der Waals surface area contributed by atoms with E-state index in [0.29, 0.717) is 0 Å². The van der Waals surface area contributed by atoms with Crippen LogP contribution in [0.4, 0.5) is 0 Å². The Hall–Kier alpha value is -1.64. The molecule has 2 heterocycles. The Labute approximate surface area is 89.8 Å². The highest BCUT2D eigenvalue weighted by Crippen LogP contribution is 2.22. The van der Waals surface area contributed by atoms with Gasteiger partial charge in [0.1, 0.15) is 0 Å². The van der Waals surface area contributed by atoms with Crippen molar-refractivity contribution in [1.29, 1.82) is 0 Å². The van der Waals surface area contributed by atoms with Gasteiger partial charge in [0, 0.05) is 12.4 Å². The lowest BCUT2D eigenvalue weighted by Crippen LogP contribution is -2.24. The third-order valence-corrected chi connectivity index (χ3v) is 2.21. The van der Waals surface area contributed by atoms with Crippen molar-refractivity contribution in [3.05, 3.63) is 36.7 Å². The zero-order valence-electron chi connectivity index (χ0n) is 9.31. The van der Waals surface area contributed by atoms with Crippen LogP contribution < -0.4 is 0 Å². The highest BCUT2D eigenvalue weighted by atomic mass is 15.3. The van der Waals surface area contributed by atoms with Gasteiger partial charge in [-0.15, -0.1) is 0 Å². The Balaban J connectivity index is 2.51. The van der Waals surface area contributed by atoms with Crippen molar-refractivity contribution in [2.45, 2.75) is 26.3 Å². The Morgan fingerprint density at radius 1 is 1.07 bits per heavy atom. The first-order valence-electron chi connectivity index (χ1n) is 5.05. The molecule has 3 nitrogen and oxygen atoms in total. The second-order valence-corrected chi connectivity index (χ2v) is 4.51. The molecule has 0 N–H and O–H groups in total. The van der Waals surface area contributed by atoms with Crippen LogP contribution in [0.3, 0.4) is 0 Å². The summed E-state index contributed by atoms with van der Waals surface area (Å²) in [5, 5.41) is 4.34. The standard InChI is InChI=1S/C12H15N3/c1-12(2,3)15-11(7-9-14-15)10-6-4-5-8-13-10/h4-9H,1-3H3. The lowest BCUT2D eigenvalue weighted by Gasteiger charge is -2.22. The quantitative estimate of drug-likeness (QED) is 0.710. The number of hydrogen-bond acceptors (Lipinski definition) is 2. The van der Waals surface area contributed by atoms with Gasteiger partial charge in [-0.25, -0.2) is 0 Å². The maximum absolute atomic E-state index is 4.34. The molecule has 0 aliphatic rings. The van der Waals surface area contributed by atoms with Gasteiger partial charge < -0.3 is 0 Å². The number of rotatable bonds is 1. The second kappa shape index (κ2) is 3.50. The van der Waals surface area contributed by atoms with E-state index in [1.165, 1.54) is 0 Å². The van der Waals surface area contributed by atoms with Crippen molar-refractivity contribution in [3.63, 3.8) is 0 Å². The molecule has 0 amide bonds. The van der Waals surface area contributed by atoms with Gasteiger partial charge >= 0.3 is 0 Å². The van der Waals surface area contributed by atoms with Crippen LogP contribution in [0.2, 0.25) is 0 Å². The molecule has 0 unspecified atom stereocenters. The molecule has 0 aromatic carbocycles. The normalized spacial score (nSPS) is 11.7. The van der Waals surface area contributed by atoms with Crippen LogP contribution in [-0.2, 0) is 5.54 Å². The largest absolute Gasteiger partial charge is 0.258 e. The third kappa shape index (κ3) is 1.91. The summed E-state index contributed by atoms with van der Waals surface area (Å²) in [5.74, 6) is 0. The Morgan fingerprint density at radius 3 is 2.47 bits per heavy atom. The van der Waals surface area contributed by atoms with E-state index in [0.717, 1.165) is 11.4 Å². The molecule has 0 saturated heterocycles. The van der Waals surface area contributed by atoms with E-state index in [9.17, 15) is 0 Å².